The topological polar surface area (TPSA) is 42.3 Å². The van der Waals surface area contributed by atoms with E-state index in [0.29, 0.717) is 13.1 Å². The number of para-hydroxylation sites is 1. The molecule has 0 aliphatic heterocycles. The summed E-state index contributed by atoms with van der Waals surface area (Å²) in [5.41, 5.74) is 2.70. The molecule has 2 heterocycles. The second-order valence-electron chi connectivity index (χ2n) is 6.70. The highest BCUT2D eigenvalue weighted by Gasteiger charge is 2.21. The standard InChI is InChI=1S/C24H20N2O2S/c27-23-22(12-7-14-25(23)16-19-8-3-1-4-9-19)24(28)26(17-20-13-15-29-18-20)21-10-5-2-6-11-21/h1-15,18H,16-17H2. The summed E-state index contributed by atoms with van der Waals surface area (Å²) >= 11 is 1.59. The van der Waals surface area contributed by atoms with Crippen molar-refractivity contribution in [2.24, 2.45) is 0 Å². The molecule has 0 radical (unpaired) electrons. The Balaban J connectivity index is 1.69. The number of carbonyl (C=O) groups excluding carboxylic acids is 1. The molecule has 4 aromatic rings. The minimum Gasteiger partial charge on any atom is -0.310 e. The van der Waals surface area contributed by atoms with Crippen molar-refractivity contribution in [3.05, 3.63) is 123 Å². The zero-order valence-corrected chi connectivity index (χ0v) is 16.6. The lowest BCUT2D eigenvalue weighted by Gasteiger charge is -2.22. The molecule has 4 nitrogen and oxygen atoms in total. The SMILES string of the molecule is O=C(c1cccn(Cc2ccccc2)c1=O)N(Cc1ccsc1)c1ccccc1. The first kappa shape index (κ1) is 18.9. The van der Waals surface area contributed by atoms with E-state index in [0.717, 1.165) is 16.8 Å². The molecule has 0 atom stereocenters. The fourth-order valence-corrected chi connectivity index (χ4v) is 3.86. The molecule has 0 fully saturated rings. The van der Waals surface area contributed by atoms with Gasteiger partial charge in [-0.1, -0.05) is 48.5 Å². The van der Waals surface area contributed by atoms with Crippen LogP contribution in [-0.4, -0.2) is 10.5 Å². The van der Waals surface area contributed by atoms with Crippen molar-refractivity contribution in [2.75, 3.05) is 4.90 Å². The van der Waals surface area contributed by atoms with Gasteiger partial charge in [0.15, 0.2) is 0 Å². The Morgan fingerprint density at radius 1 is 0.862 bits per heavy atom. The van der Waals surface area contributed by atoms with Crippen LogP contribution in [0.3, 0.4) is 0 Å². The Labute approximate surface area is 173 Å². The van der Waals surface area contributed by atoms with E-state index < -0.39 is 0 Å². The lowest BCUT2D eigenvalue weighted by atomic mass is 10.1. The van der Waals surface area contributed by atoms with Crippen molar-refractivity contribution >= 4 is 22.9 Å². The molecule has 144 valence electrons. The van der Waals surface area contributed by atoms with Crippen molar-refractivity contribution in [3.63, 3.8) is 0 Å². The number of aromatic nitrogens is 1. The van der Waals surface area contributed by atoms with E-state index in [4.69, 9.17) is 0 Å². The van der Waals surface area contributed by atoms with Crippen LogP contribution in [0.2, 0.25) is 0 Å². The zero-order valence-electron chi connectivity index (χ0n) is 15.8. The highest BCUT2D eigenvalue weighted by molar-refractivity contribution is 7.07. The van der Waals surface area contributed by atoms with Gasteiger partial charge in [0.2, 0.25) is 0 Å². The molecule has 0 unspecified atom stereocenters. The average molecular weight is 401 g/mol. The number of hydrogen-bond donors (Lipinski definition) is 0. The third-order valence-corrected chi connectivity index (χ3v) is 5.41. The van der Waals surface area contributed by atoms with Crippen molar-refractivity contribution in [1.29, 1.82) is 0 Å². The largest absolute Gasteiger partial charge is 0.310 e. The fourth-order valence-electron chi connectivity index (χ4n) is 3.20. The maximum atomic E-state index is 13.4. The van der Waals surface area contributed by atoms with Gasteiger partial charge in [0.05, 0.1) is 13.1 Å². The molecule has 0 N–H and O–H groups in total. The number of pyridine rings is 1. The van der Waals surface area contributed by atoms with E-state index in [1.807, 2.05) is 77.5 Å². The molecule has 2 aromatic heterocycles. The Hall–Kier alpha value is -3.44. The predicted molar refractivity (Wildman–Crippen MR) is 118 cm³/mol. The summed E-state index contributed by atoms with van der Waals surface area (Å²) in [5.74, 6) is -0.296. The fraction of sp³-hybridized carbons (Fsp3) is 0.0833. The minimum atomic E-state index is -0.296. The van der Waals surface area contributed by atoms with Gasteiger partial charge in [0.25, 0.3) is 11.5 Å². The number of carbonyl (C=O) groups is 1. The van der Waals surface area contributed by atoms with Crippen molar-refractivity contribution < 1.29 is 4.79 Å². The van der Waals surface area contributed by atoms with Crippen molar-refractivity contribution in [2.45, 2.75) is 13.1 Å². The summed E-state index contributed by atoms with van der Waals surface area (Å²) in [7, 11) is 0. The number of rotatable bonds is 6. The summed E-state index contributed by atoms with van der Waals surface area (Å²) < 4.78 is 1.58. The zero-order chi connectivity index (χ0) is 20.1. The summed E-state index contributed by atoms with van der Waals surface area (Å²) in [6, 6.07) is 24.6. The normalized spacial score (nSPS) is 10.6. The van der Waals surface area contributed by atoms with Gasteiger partial charge >= 0.3 is 0 Å². The molecule has 2 aromatic carbocycles. The van der Waals surface area contributed by atoms with E-state index in [1.165, 1.54) is 0 Å². The number of thiophene rings is 1. The quantitative estimate of drug-likeness (QED) is 0.466. The maximum Gasteiger partial charge on any atom is 0.264 e. The Kier molecular flexibility index (Phi) is 5.68. The summed E-state index contributed by atoms with van der Waals surface area (Å²) in [6.07, 6.45) is 1.72. The average Bonchev–Trinajstić information content (AvgIpc) is 3.28. The van der Waals surface area contributed by atoms with E-state index >= 15 is 0 Å². The van der Waals surface area contributed by atoms with Gasteiger partial charge in [-0.25, -0.2) is 0 Å². The molecule has 0 aliphatic carbocycles. The van der Waals surface area contributed by atoms with Gasteiger partial charge in [0.1, 0.15) is 5.56 Å². The Morgan fingerprint density at radius 2 is 1.59 bits per heavy atom. The third-order valence-electron chi connectivity index (χ3n) is 4.68. The number of nitrogens with zero attached hydrogens (tertiary/aromatic N) is 2. The molecule has 0 aliphatic rings. The second kappa shape index (κ2) is 8.71. The second-order valence-corrected chi connectivity index (χ2v) is 7.48. The van der Waals surface area contributed by atoms with Gasteiger partial charge in [-0.05, 0) is 52.2 Å². The van der Waals surface area contributed by atoms with Crippen LogP contribution < -0.4 is 10.5 Å². The third kappa shape index (κ3) is 4.36. The number of amides is 1. The van der Waals surface area contributed by atoms with Gasteiger partial charge < -0.3 is 9.47 Å². The summed E-state index contributed by atoms with van der Waals surface area (Å²) in [5, 5.41) is 4.00. The molecule has 0 saturated carbocycles. The first-order valence-electron chi connectivity index (χ1n) is 9.34. The van der Waals surface area contributed by atoms with Crippen LogP contribution in [-0.2, 0) is 13.1 Å². The first-order valence-corrected chi connectivity index (χ1v) is 10.3. The molecule has 4 rings (SSSR count). The first-order chi connectivity index (χ1) is 14.2. The number of benzene rings is 2. The summed E-state index contributed by atoms with van der Waals surface area (Å²) in [6.45, 7) is 0.843. The van der Waals surface area contributed by atoms with Gasteiger partial charge in [-0.3, -0.25) is 9.59 Å². The minimum absolute atomic E-state index is 0.169. The highest BCUT2D eigenvalue weighted by Crippen LogP contribution is 2.20. The van der Waals surface area contributed by atoms with Crippen LogP contribution in [0.15, 0.2) is 101 Å². The van der Waals surface area contributed by atoms with Crippen LogP contribution in [0.25, 0.3) is 0 Å². The molecule has 0 spiro atoms. The predicted octanol–water partition coefficient (Wildman–Crippen LogP) is 4.81. The monoisotopic (exact) mass is 400 g/mol. The van der Waals surface area contributed by atoms with E-state index in [9.17, 15) is 9.59 Å². The molecule has 5 heteroatoms. The number of hydrogen-bond acceptors (Lipinski definition) is 3. The van der Waals surface area contributed by atoms with Gasteiger partial charge in [-0.2, -0.15) is 11.3 Å². The van der Waals surface area contributed by atoms with Gasteiger partial charge in [0, 0.05) is 11.9 Å². The molecule has 29 heavy (non-hydrogen) atoms. The molecule has 0 saturated heterocycles. The smallest absolute Gasteiger partial charge is 0.264 e. The van der Waals surface area contributed by atoms with Crippen LogP contribution in [0.1, 0.15) is 21.5 Å². The molecule has 1 amide bonds. The van der Waals surface area contributed by atoms with E-state index in [2.05, 4.69) is 0 Å². The van der Waals surface area contributed by atoms with E-state index in [-0.39, 0.29) is 17.0 Å². The maximum absolute atomic E-state index is 13.4. The van der Waals surface area contributed by atoms with Crippen molar-refractivity contribution in [3.8, 4) is 0 Å². The Morgan fingerprint density at radius 3 is 2.28 bits per heavy atom. The van der Waals surface area contributed by atoms with Crippen molar-refractivity contribution in [1.82, 2.24) is 4.57 Å². The van der Waals surface area contributed by atoms with Crippen LogP contribution in [0.5, 0.6) is 0 Å². The number of anilines is 1. The lowest BCUT2D eigenvalue weighted by Crippen LogP contribution is -2.36. The Bertz CT molecular complexity index is 1140. The van der Waals surface area contributed by atoms with Crippen LogP contribution in [0.4, 0.5) is 5.69 Å². The highest BCUT2D eigenvalue weighted by atomic mass is 32.1. The van der Waals surface area contributed by atoms with Gasteiger partial charge in [-0.15, -0.1) is 0 Å². The van der Waals surface area contributed by atoms with Crippen LogP contribution in [0, 0.1) is 0 Å². The molecular weight excluding hydrogens is 380 g/mol. The van der Waals surface area contributed by atoms with Crippen LogP contribution >= 0.6 is 11.3 Å². The molecular formula is C24H20N2O2S. The summed E-state index contributed by atoms with van der Waals surface area (Å²) in [4.78, 5) is 28.1. The lowest BCUT2D eigenvalue weighted by molar-refractivity contribution is 0.0983. The van der Waals surface area contributed by atoms with E-state index in [1.54, 1.807) is 39.1 Å². The molecule has 0 bridgehead atoms.